The maximum absolute atomic E-state index is 6.01. The Hall–Kier alpha value is -1.47. The van der Waals surface area contributed by atoms with Crippen LogP contribution in [0.5, 0.6) is 0 Å². The van der Waals surface area contributed by atoms with Gasteiger partial charge in [0.2, 0.25) is 0 Å². The van der Waals surface area contributed by atoms with Crippen molar-refractivity contribution >= 4 is 23.0 Å². The molecule has 1 nitrogen and oxygen atoms in total. The van der Waals surface area contributed by atoms with Crippen LogP contribution in [-0.2, 0) is 0 Å². The molecule has 0 saturated carbocycles. The van der Waals surface area contributed by atoms with Crippen LogP contribution in [0.3, 0.4) is 0 Å². The first-order chi connectivity index (χ1) is 7.81. The molecule has 0 bridgehead atoms. The number of anilines is 2. The van der Waals surface area contributed by atoms with E-state index < -0.39 is 0 Å². The molecule has 0 heterocycles. The predicted octanol–water partition coefficient (Wildman–Crippen LogP) is 4.50. The second-order valence-corrected chi connectivity index (χ2v) is 4.00. The van der Waals surface area contributed by atoms with Crippen molar-refractivity contribution in [3.63, 3.8) is 0 Å². The third-order valence-corrected chi connectivity index (χ3v) is 2.74. The molecule has 82 valence electrons. The van der Waals surface area contributed by atoms with Crippen molar-refractivity contribution in [3.05, 3.63) is 59.6 Å². The van der Waals surface area contributed by atoms with Crippen LogP contribution in [-0.4, -0.2) is 6.54 Å². The normalized spacial score (nSPS) is 10.1. The molecule has 2 heteroatoms. The highest BCUT2D eigenvalue weighted by molar-refractivity contribution is 6.30. The Labute approximate surface area is 101 Å². The van der Waals surface area contributed by atoms with Crippen LogP contribution in [0.4, 0.5) is 11.4 Å². The van der Waals surface area contributed by atoms with Gasteiger partial charge in [-0.05, 0) is 37.3 Å². The van der Waals surface area contributed by atoms with Crippen LogP contribution < -0.4 is 4.90 Å². The van der Waals surface area contributed by atoms with E-state index in [4.69, 9.17) is 11.6 Å². The number of halogens is 1. The van der Waals surface area contributed by atoms with Crippen molar-refractivity contribution in [1.82, 2.24) is 0 Å². The number of benzene rings is 2. The Bertz CT molecular complexity index is 453. The maximum Gasteiger partial charge on any atom is 0.0426 e. The summed E-state index contributed by atoms with van der Waals surface area (Å²) >= 11 is 6.01. The zero-order chi connectivity index (χ0) is 11.4. The SMILES string of the molecule is CCN(c1ccccc1)c1cccc(Cl)c1. The Balaban J connectivity index is 2.37. The van der Waals surface area contributed by atoms with Gasteiger partial charge in [0.15, 0.2) is 0 Å². The molecule has 2 aromatic rings. The summed E-state index contributed by atoms with van der Waals surface area (Å²) in [5, 5.41) is 0.770. The summed E-state index contributed by atoms with van der Waals surface area (Å²) in [6.07, 6.45) is 0. The average molecular weight is 232 g/mol. The smallest absolute Gasteiger partial charge is 0.0426 e. The van der Waals surface area contributed by atoms with Crippen LogP contribution in [0.15, 0.2) is 54.6 Å². The lowest BCUT2D eigenvalue weighted by molar-refractivity contribution is 1.02. The molecule has 0 N–H and O–H groups in total. The van der Waals surface area contributed by atoms with Crippen molar-refractivity contribution in [1.29, 1.82) is 0 Å². The first kappa shape index (κ1) is 11.0. The molecule has 0 spiro atoms. The van der Waals surface area contributed by atoms with Crippen molar-refractivity contribution in [2.75, 3.05) is 11.4 Å². The quantitative estimate of drug-likeness (QED) is 0.752. The van der Waals surface area contributed by atoms with Crippen LogP contribution in [0, 0.1) is 0 Å². The van der Waals surface area contributed by atoms with E-state index in [0.717, 1.165) is 17.3 Å². The van der Waals surface area contributed by atoms with Gasteiger partial charge in [-0.25, -0.2) is 0 Å². The highest BCUT2D eigenvalue weighted by Crippen LogP contribution is 2.26. The van der Waals surface area contributed by atoms with Gasteiger partial charge in [0, 0.05) is 22.9 Å². The molecule has 2 aromatic carbocycles. The van der Waals surface area contributed by atoms with Gasteiger partial charge in [0.05, 0.1) is 0 Å². The molecule has 0 amide bonds. The van der Waals surface area contributed by atoms with Crippen molar-refractivity contribution in [2.45, 2.75) is 6.92 Å². The van der Waals surface area contributed by atoms with E-state index in [1.165, 1.54) is 5.69 Å². The maximum atomic E-state index is 6.01. The van der Waals surface area contributed by atoms with Gasteiger partial charge in [-0.3, -0.25) is 0 Å². The second kappa shape index (κ2) is 5.04. The van der Waals surface area contributed by atoms with Gasteiger partial charge in [0.25, 0.3) is 0 Å². The van der Waals surface area contributed by atoms with Crippen molar-refractivity contribution in [3.8, 4) is 0 Å². The standard InChI is InChI=1S/C14H14ClN/c1-2-16(13-8-4-3-5-9-13)14-10-6-7-12(15)11-14/h3-11H,2H2,1H3. The number of hydrogen-bond donors (Lipinski definition) is 0. The molecule has 2 rings (SSSR count). The molecule has 0 aliphatic carbocycles. The number of hydrogen-bond acceptors (Lipinski definition) is 1. The lowest BCUT2D eigenvalue weighted by Gasteiger charge is -2.23. The number of rotatable bonds is 3. The van der Waals surface area contributed by atoms with E-state index in [-0.39, 0.29) is 0 Å². The molecule has 0 aliphatic rings. The fraction of sp³-hybridized carbons (Fsp3) is 0.143. The molecule has 0 radical (unpaired) electrons. The summed E-state index contributed by atoms with van der Waals surface area (Å²) < 4.78 is 0. The lowest BCUT2D eigenvalue weighted by atomic mass is 10.2. The summed E-state index contributed by atoms with van der Waals surface area (Å²) in [5.74, 6) is 0. The van der Waals surface area contributed by atoms with Crippen molar-refractivity contribution < 1.29 is 0 Å². The lowest BCUT2D eigenvalue weighted by Crippen LogP contribution is -2.15. The summed E-state index contributed by atoms with van der Waals surface area (Å²) in [4.78, 5) is 2.23. The largest absolute Gasteiger partial charge is 0.342 e. The van der Waals surface area contributed by atoms with Gasteiger partial charge < -0.3 is 4.90 Å². The molecule has 0 fully saturated rings. The molecule has 16 heavy (non-hydrogen) atoms. The molecule has 0 aromatic heterocycles. The predicted molar refractivity (Wildman–Crippen MR) is 70.6 cm³/mol. The zero-order valence-corrected chi connectivity index (χ0v) is 9.98. The highest BCUT2D eigenvalue weighted by Gasteiger charge is 2.06. The molecule has 0 atom stereocenters. The Morgan fingerprint density at radius 2 is 1.62 bits per heavy atom. The van der Waals surface area contributed by atoms with Crippen molar-refractivity contribution in [2.24, 2.45) is 0 Å². The summed E-state index contributed by atoms with van der Waals surface area (Å²) in [7, 11) is 0. The minimum atomic E-state index is 0.770. The van der Waals surface area contributed by atoms with E-state index in [2.05, 4.69) is 30.0 Å². The highest BCUT2D eigenvalue weighted by atomic mass is 35.5. The van der Waals surface area contributed by atoms with E-state index >= 15 is 0 Å². The first-order valence-electron chi connectivity index (χ1n) is 5.39. The third kappa shape index (κ3) is 2.37. The number of para-hydroxylation sites is 1. The van der Waals surface area contributed by atoms with Gasteiger partial charge >= 0.3 is 0 Å². The summed E-state index contributed by atoms with van der Waals surface area (Å²) in [6.45, 7) is 3.05. The molecule has 0 saturated heterocycles. The van der Waals surface area contributed by atoms with Gasteiger partial charge in [-0.1, -0.05) is 35.9 Å². The minimum absolute atomic E-state index is 0.770. The minimum Gasteiger partial charge on any atom is -0.342 e. The fourth-order valence-corrected chi connectivity index (χ4v) is 1.95. The second-order valence-electron chi connectivity index (χ2n) is 3.56. The molecular formula is C14H14ClN. The van der Waals surface area contributed by atoms with Crippen LogP contribution in [0.1, 0.15) is 6.92 Å². The van der Waals surface area contributed by atoms with Gasteiger partial charge in [-0.15, -0.1) is 0 Å². The monoisotopic (exact) mass is 231 g/mol. The van der Waals surface area contributed by atoms with Crippen LogP contribution in [0.25, 0.3) is 0 Å². The van der Waals surface area contributed by atoms with Crippen LogP contribution >= 0.6 is 11.6 Å². The molecule has 0 unspecified atom stereocenters. The first-order valence-corrected chi connectivity index (χ1v) is 5.77. The molecule has 0 aliphatic heterocycles. The van der Waals surface area contributed by atoms with E-state index in [1.807, 2.05) is 36.4 Å². The summed E-state index contributed by atoms with van der Waals surface area (Å²) in [5.41, 5.74) is 2.31. The fourth-order valence-electron chi connectivity index (χ4n) is 1.77. The van der Waals surface area contributed by atoms with E-state index in [1.54, 1.807) is 0 Å². The zero-order valence-electron chi connectivity index (χ0n) is 9.23. The van der Waals surface area contributed by atoms with Gasteiger partial charge in [0.1, 0.15) is 0 Å². The number of nitrogens with zero attached hydrogens (tertiary/aromatic N) is 1. The summed E-state index contributed by atoms with van der Waals surface area (Å²) in [6, 6.07) is 18.2. The van der Waals surface area contributed by atoms with E-state index in [0.29, 0.717) is 0 Å². The van der Waals surface area contributed by atoms with Gasteiger partial charge in [-0.2, -0.15) is 0 Å². The van der Waals surface area contributed by atoms with E-state index in [9.17, 15) is 0 Å². The Morgan fingerprint density at radius 3 is 2.25 bits per heavy atom. The Kier molecular flexibility index (Phi) is 3.47. The molecular weight excluding hydrogens is 218 g/mol. The average Bonchev–Trinajstić information content (AvgIpc) is 2.31. The topological polar surface area (TPSA) is 3.24 Å². The third-order valence-electron chi connectivity index (χ3n) is 2.50. The van der Waals surface area contributed by atoms with Crippen LogP contribution in [0.2, 0.25) is 5.02 Å². The Morgan fingerprint density at radius 1 is 0.938 bits per heavy atom.